The van der Waals surface area contributed by atoms with Crippen LogP contribution >= 0.6 is 0 Å². The summed E-state index contributed by atoms with van der Waals surface area (Å²) in [6.45, 7) is 2.94. The van der Waals surface area contributed by atoms with Crippen LogP contribution < -0.4 is 9.64 Å². The lowest BCUT2D eigenvalue weighted by Gasteiger charge is -2.28. The molecule has 3 amide bonds. The number of aromatic nitrogens is 1. The van der Waals surface area contributed by atoms with Gasteiger partial charge in [0, 0.05) is 24.5 Å². The fourth-order valence-electron chi connectivity index (χ4n) is 3.05. The quantitative estimate of drug-likeness (QED) is 0.767. The number of halogens is 3. The van der Waals surface area contributed by atoms with Gasteiger partial charge in [0.2, 0.25) is 0 Å². The molecule has 1 fully saturated rings. The van der Waals surface area contributed by atoms with Crippen molar-refractivity contribution in [1.82, 2.24) is 9.88 Å². The zero-order valence-electron chi connectivity index (χ0n) is 15.6. The summed E-state index contributed by atoms with van der Waals surface area (Å²) in [5.74, 6) is -0.979. The summed E-state index contributed by atoms with van der Waals surface area (Å²) in [5.41, 5.74) is 0.0826. The van der Waals surface area contributed by atoms with Gasteiger partial charge in [0.1, 0.15) is 11.3 Å². The van der Waals surface area contributed by atoms with Crippen molar-refractivity contribution in [2.45, 2.75) is 38.9 Å². The van der Waals surface area contributed by atoms with E-state index in [2.05, 4.69) is 9.72 Å². The number of anilines is 1. The molecule has 154 valence electrons. The van der Waals surface area contributed by atoms with Gasteiger partial charge in [-0.1, -0.05) is 0 Å². The van der Waals surface area contributed by atoms with E-state index in [1.807, 2.05) is 0 Å². The average Bonchev–Trinajstić information content (AvgIpc) is 2.81. The first-order valence-corrected chi connectivity index (χ1v) is 8.59. The molecular weight excluding hydrogens is 391 g/mol. The number of benzene rings is 1. The minimum Gasteiger partial charge on any atom is -0.406 e. The van der Waals surface area contributed by atoms with E-state index in [-0.39, 0.29) is 18.8 Å². The number of urea groups is 1. The van der Waals surface area contributed by atoms with Crippen LogP contribution in [0.4, 0.5) is 23.7 Å². The molecule has 3 rings (SSSR count). The number of nitrogens with zero attached hydrogens (tertiary/aromatic N) is 3. The summed E-state index contributed by atoms with van der Waals surface area (Å²) in [4.78, 5) is 32.1. The van der Waals surface area contributed by atoms with Crippen molar-refractivity contribution in [3.05, 3.63) is 53.9 Å². The van der Waals surface area contributed by atoms with Crippen LogP contribution in [0.25, 0.3) is 0 Å². The molecule has 29 heavy (non-hydrogen) atoms. The number of ether oxygens (including phenoxy) is 1. The number of amides is 3. The molecule has 1 aromatic carbocycles. The largest absolute Gasteiger partial charge is 0.573 e. The topological polar surface area (TPSA) is 83.0 Å². The van der Waals surface area contributed by atoms with E-state index >= 15 is 0 Å². The maximum atomic E-state index is 13.0. The smallest absolute Gasteiger partial charge is 0.406 e. The SMILES string of the molecule is CC1(C)C(=O)N(c2ccc(OC(F)(F)F)cc2)C(=O)N1Cc1ccncc1CO. The first-order valence-electron chi connectivity index (χ1n) is 8.59. The third kappa shape index (κ3) is 4.02. The van der Waals surface area contributed by atoms with Gasteiger partial charge in [0.05, 0.1) is 12.3 Å². The number of hydrogen-bond donors (Lipinski definition) is 1. The van der Waals surface area contributed by atoms with Gasteiger partial charge in [-0.15, -0.1) is 13.2 Å². The lowest BCUT2D eigenvalue weighted by Crippen LogP contribution is -2.43. The molecular formula is C19H18F3N3O4. The van der Waals surface area contributed by atoms with Crippen LogP contribution in [0.1, 0.15) is 25.0 Å². The van der Waals surface area contributed by atoms with Gasteiger partial charge in [-0.25, -0.2) is 9.69 Å². The molecule has 0 spiro atoms. The molecule has 0 unspecified atom stereocenters. The summed E-state index contributed by atoms with van der Waals surface area (Å²) in [6.07, 6.45) is -1.85. The van der Waals surface area contributed by atoms with E-state index in [1.54, 1.807) is 19.9 Å². The van der Waals surface area contributed by atoms with E-state index in [0.29, 0.717) is 11.1 Å². The monoisotopic (exact) mass is 409 g/mol. The Morgan fingerprint density at radius 3 is 2.34 bits per heavy atom. The third-order valence-electron chi connectivity index (χ3n) is 4.66. The lowest BCUT2D eigenvalue weighted by atomic mass is 10.0. The van der Waals surface area contributed by atoms with Crippen LogP contribution in [0, 0.1) is 0 Å². The number of imide groups is 1. The fourth-order valence-corrected chi connectivity index (χ4v) is 3.05. The standard InChI is InChI=1S/C19H18F3N3O4/c1-18(2)16(27)25(14-3-5-15(6-4-14)29-19(20,21)22)17(28)24(18)10-12-7-8-23-9-13(12)11-26/h3-9,26H,10-11H2,1-2H3. The van der Waals surface area contributed by atoms with Gasteiger partial charge in [0.15, 0.2) is 0 Å². The highest BCUT2D eigenvalue weighted by atomic mass is 19.4. The van der Waals surface area contributed by atoms with E-state index in [0.717, 1.165) is 17.0 Å². The highest BCUT2D eigenvalue weighted by molar-refractivity contribution is 6.22. The Hall–Kier alpha value is -3.14. The molecule has 0 aliphatic carbocycles. The second kappa shape index (κ2) is 7.36. The Morgan fingerprint density at radius 2 is 1.76 bits per heavy atom. The number of hydrogen-bond acceptors (Lipinski definition) is 5. The minimum absolute atomic E-state index is 0.0573. The third-order valence-corrected chi connectivity index (χ3v) is 4.66. The Morgan fingerprint density at radius 1 is 1.10 bits per heavy atom. The summed E-state index contributed by atoms with van der Waals surface area (Å²) in [5, 5.41) is 9.46. The molecule has 1 aliphatic heterocycles. The number of carbonyl (C=O) groups excluding carboxylic acids is 2. The van der Waals surface area contributed by atoms with Crippen LogP contribution in [-0.4, -0.2) is 38.8 Å². The van der Waals surface area contributed by atoms with Crippen molar-refractivity contribution in [2.75, 3.05) is 4.90 Å². The van der Waals surface area contributed by atoms with Crippen LogP contribution in [0.3, 0.4) is 0 Å². The number of aliphatic hydroxyl groups excluding tert-OH is 1. The average molecular weight is 409 g/mol. The highest BCUT2D eigenvalue weighted by Gasteiger charge is 2.51. The van der Waals surface area contributed by atoms with Gasteiger partial charge in [-0.3, -0.25) is 9.78 Å². The molecule has 2 heterocycles. The Kier molecular flexibility index (Phi) is 5.22. The Balaban J connectivity index is 1.88. The molecule has 1 aliphatic rings. The molecule has 0 saturated carbocycles. The van der Waals surface area contributed by atoms with E-state index < -0.39 is 29.6 Å². The van der Waals surface area contributed by atoms with E-state index in [4.69, 9.17) is 0 Å². The predicted octanol–water partition coefficient (Wildman–Crippen LogP) is 3.22. The van der Waals surface area contributed by atoms with Crippen molar-refractivity contribution in [3.8, 4) is 5.75 Å². The Labute approximate surface area is 164 Å². The summed E-state index contributed by atoms with van der Waals surface area (Å²) in [6, 6.07) is 5.51. The number of alkyl halides is 3. The summed E-state index contributed by atoms with van der Waals surface area (Å²) >= 11 is 0. The lowest BCUT2D eigenvalue weighted by molar-refractivity contribution is -0.274. The minimum atomic E-state index is -4.84. The first-order chi connectivity index (χ1) is 13.5. The van der Waals surface area contributed by atoms with Crippen molar-refractivity contribution in [3.63, 3.8) is 0 Å². The molecule has 10 heteroatoms. The molecule has 7 nitrogen and oxygen atoms in total. The fraction of sp³-hybridized carbons (Fsp3) is 0.316. The van der Waals surface area contributed by atoms with Gasteiger partial charge >= 0.3 is 12.4 Å². The second-order valence-corrected chi connectivity index (χ2v) is 6.91. The molecule has 0 bridgehead atoms. The maximum Gasteiger partial charge on any atom is 0.573 e. The zero-order chi connectivity index (χ0) is 21.4. The van der Waals surface area contributed by atoms with Crippen LogP contribution in [0.5, 0.6) is 5.75 Å². The number of carbonyl (C=O) groups is 2. The van der Waals surface area contributed by atoms with Gasteiger partial charge < -0.3 is 14.7 Å². The summed E-state index contributed by atoms with van der Waals surface area (Å²) < 4.78 is 40.8. The van der Waals surface area contributed by atoms with Crippen molar-refractivity contribution >= 4 is 17.6 Å². The molecule has 0 atom stereocenters. The molecule has 2 aromatic rings. The number of aliphatic hydroxyl groups is 1. The molecule has 1 N–H and O–H groups in total. The van der Waals surface area contributed by atoms with Crippen LogP contribution in [0.15, 0.2) is 42.7 Å². The number of pyridine rings is 1. The van der Waals surface area contributed by atoms with Crippen molar-refractivity contribution < 1.29 is 32.6 Å². The first kappa shape index (κ1) is 20.6. The van der Waals surface area contributed by atoms with Gasteiger partial charge in [-0.2, -0.15) is 0 Å². The van der Waals surface area contributed by atoms with Gasteiger partial charge in [-0.05, 0) is 49.7 Å². The van der Waals surface area contributed by atoms with E-state index in [9.17, 15) is 27.9 Å². The normalized spacial score (nSPS) is 16.5. The van der Waals surface area contributed by atoms with Crippen molar-refractivity contribution in [1.29, 1.82) is 0 Å². The van der Waals surface area contributed by atoms with Crippen LogP contribution in [-0.2, 0) is 17.9 Å². The zero-order valence-corrected chi connectivity index (χ0v) is 15.6. The van der Waals surface area contributed by atoms with Crippen LogP contribution in [0.2, 0.25) is 0 Å². The van der Waals surface area contributed by atoms with E-state index in [1.165, 1.54) is 29.4 Å². The summed E-state index contributed by atoms with van der Waals surface area (Å²) in [7, 11) is 0. The highest BCUT2D eigenvalue weighted by Crippen LogP contribution is 2.34. The molecule has 0 radical (unpaired) electrons. The number of rotatable bonds is 5. The van der Waals surface area contributed by atoms with Crippen molar-refractivity contribution in [2.24, 2.45) is 0 Å². The maximum absolute atomic E-state index is 13.0. The predicted molar refractivity (Wildman–Crippen MR) is 95.8 cm³/mol. The molecule has 1 aromatic heterocycles. The second-order valence-electron chi connectivity index (χ2n) is 6.91. The van der Waals surface area contributed by atoms with Gasteiger partial charge in [0.25, 0.3) is 5.91 Å². The Bertz CT molecular complexity index is 929. The molecule has 1 saturated heterocycles.